The Morgan fingerprint density at radius 3 is 2.75 bits per heavy atom. The molecular weight excluding hydrogens is 298 g/mol. The molecule has 1 fully saturated rings. The number of nitrogens with two attached hydrogens (primary N) is 1. The fourth-order valence-corrected chi connectivity index (χ4v) is 4.12. The van der Waals surface area contributed by atoms with E-state index in [4.69, 9.17) is 17.3 Å². The molecule has 2 heterocycles. The van der Waals surface area contributed by atoms with E-state index in [-0.39, 0.29) is 10.9 Å². The second kappa shape index (κ2) is 4.66. The summed E-state index contributed by atoms with van der Waals surface area (Å²) in [6.07, 6.45) is 0. The number of aromatic nitrogens is 1. The molecule has 0 unspecified atom stereocenters. The fourth-order valence-electron chi connectivity index (χ4n) is 2.27. The van der Waals surface area contributed by atoms with Crippen molar-refractivity contribution >= 4 is 32.5 Å². The lowest BCUT2D eigenvalue weighted by Gasteiger charge is -2.35. The molecule has 106 valence electrons. The molecule has 2 N–H and O–H groups in total. The molecule has 0 radical (unpaired) electrons. The Bertz CT molecular complexity index is 786. The number of benzene rings is 1. The SMILES string of the molecule is Cc1cc2cccc(S(=O)(=O)N3CC(N)C3)c2nc1Cl. The van der Waals surface area contributed by atoms with Gasteiger partial charge in [-0.15, -0.1) is 0 Å². The van der Waals surface area contributed by atoms with E-state index >= 15 is 0 Å². The molecule has 0 spiro atoms. The van der Waals surface area contributed by atoms with E-state index in [9.17, 15) is 8.42 Å². The molecule has 1 aromatic carbocycles. The van der Waals surface area contributed by atoms with Crippen LogP contribution in [0.15, 0.2) is 29.2 Å². The molecule has 3 rings (SSSR count). The average molecular weight is 312 g/mol. The Hall–Kier alpha value is -1.21. The third-order valence-electron chi connectivity index (χ3n) is 3.43. The zero-order valence-electron chi connectivity index (χ0n) is 10.9. The maximum atomic E-state index is 12.6. The molecular formula is C13H14ClN3O2S. The Labute approximate surface area is 122 Å². The maximum Gasteiger partial charge on any atom is 0.245 e. The first-order valence-corrected chi connectivity index (χ1v) is 8.03. The molecule has 20 heavy (non-hydrogen) atoms. The van der Waals surface area contributed by atoms with Crippen LogP contribution in [0.4, 0.5) is 0 Å². The number of halogens is 1. The van der Waals surface area contributed by atoms with E-state index in [2.05, 4.69) is 4.98 Å². The maximum absolute atomic E-state index is 12.6. The van der Waals surface area contributed by atoms with E-state index < -0.39 is 10.0 Å². The third-order valence-corrected chi connectivity index (χ3v) is 5.68. The summed E-state index contributed by atoms with van der Waals surface area (Å²) < 4.78 is 26.5. The third kappa shape index (κ3) is 2.09. The molecule has 0 bridgehead atoms. The van der Waals surface area contributed by atoms with Gasteiger partial charge in [-0.1, -0.05) is 23.7 Å². The summed E-state index contributed by atoms with van der Waals surface area (Å²) in [5.41, 5.74) is 6.88. The molecule has 1 aromatic heterocycles. The van der Waals surface area contributed by atoms with E-state index in [1.807, 2.05) is 19.1 Å². The van der Waals surface area contributed by atoms with Gasteiger partial charge in [0.05, 0.1) is 5.52 Å². The summed E-state index contributed by atoms with van der Waals surface area (Å²) in [5, 5.41) is 1.08. The van der Waals surface area contributed by atoms with Gasteiger partial charge in [-0.25, -0.2) is 13.4 Å². The van der Waals surface area contributed by atoms with Crippen molar-refractivity contribution in [3.8, 4) is 0 Å². The lowest BCUT2D eigenvalue weighted by Crippen LogP contribution is -2.57. The van der Waals surface area contributed by atoms with Crippen LogP contribution in [0.5, 0.6) is 0 Å². The van der Waals surface area contributed by atoms with Crippen molar-refractivity contribution in [3.05, 3.63) is 35.0 Å². The van der Waals surface area contributed by atoms with Crippen molar-refractivity contribution in [2.45, 2.75) is 17.9 Å². The average Bonchev–Trinajstić information content (AvgIpc) is 2.35. The van der Waals surface area contributed by atoms with Gasteiger partial charge in [0.1, 0.15) is 10.0 Å². The van der Waals surface area contributed by atoms with Crippen molar-refractivity contribution in [2.24, 2.45) is 5.73 Å². The lowest BCUT2D eigenvalue weighted by atomic mass is 10.2. The van der Waals surface area contributed by atoms with Crippen molar-refractivity contribution < 1.29 is 8.42 Å². The first kappa shape index (κ1) is 13.8. The highest BCUT2D eigenvalue weighted by atomic mass is 35.5. The Morgan fingerprint density at radius 2 is 2.10 bits per heavy atom. The first-order chi connectivity index (χ1) is 9.39. The van der Waals surface area contributed by atoms with Gasteiger partial charge >= 0.3 is 0 Å². The molecule has 7 heteroatoms. The number of hydrogen-bond acceptors (Lipinski definition) is 4. The van der Waals surface area contributed by atoms with Crippen LogP contribution < -0.4 is 5.73 Å². The van der Waals surface area contributed by atoms with Crippen LogP contribution in [0.3, 0.4) is 0 Å². The molecule has 0 atom stereocenters. The first-order valence-electron chi connectivity index (χ1n) is 6.21. The van der Waals surface area contributed by atoms with Gasteiger partial charge < -0.3 is 5.73 Å². The predicted octanol–water partition coefficient (Wildman–Crippen LogP) is 1.53. The standard InChI is InChI=1S/C13H14ClN3O2S/c1-8-5-9-3-2-4-11(12(9)16-13(8)14)20(18,19)17-6-10(15)7-17/h2-5,10H,6-7,15H2,1H3. The molecule has 2 aromatic rings. The van der Waals surface area contributed by atoms with Gasteiger partial charge in [-0.05, 0) is 24.6 Å². The summed E-state index contributed by atoms with van der Waals surface area (Å²) in [4.78, 5) is 4.41. The van der Waals surface area contributed by atoms with Crippen LogP contribution in [-0.4, -0.2) is 36.8 Å². The van der Waals surface area contributed by atoms with Crippen LogP contribution in [0.25, 0.3) is 10.9 Å². The number of pyridine rings is 1. The van der Waals surface area contributed by atoms with E-state index in [1.54, 1.807) is 12.1 Å². The molecule has 0 amide bonds. The quantitative estimate of drug-likeness (QED) is 0.853. The smallest absolute Gasteiger partial charge is 0.245 e. The molecule has 1 aliphatic heterocycles. The zero-order chi connectivity index (χ0) is 14.5. The molecule has 5 nitrogen and oxygen atoms in total. The number of aryl methyl sites for hydroxylation is 1. The monoisotopic (exact) mass is 311 g/mol. The van der Waals surface area contributed by atoms with Gasteiger partial charge in [0, 0.05) is 24.5 Å². The second-order valence-electron chi connectivity index (χ2n) is 5.01. The van der Waals surface area contributed by atoms with Gasteiger partial charge in [0.15, 0.2) is 0 Å². The minimum Gasteiger partial charge on any atom is -0.325 e. The number of rotatable bonds is 2. The van der Waals surface area contributed by atoms with Crippen LogP contribution >= 0.6 is 11.6 Å². The van der Waals surface area contributed by atoms with Crippen LogP contribution in [0, 0.1) is 6.92 Å². The molecule has 0 saturated carbocycles. The van der Waals surface area contributed by atoms with Crippen LogP contribution in [0.2, 0.25) is 5.15 Å². The number of nitrogens with zero attached hydrogens (tertiary/aromatic N) is 2. The zero-order valence-corrected chi connectivity index (χ0v) is 12.4. The fraction of sp³-hybridized carbons (Fsp3) is 0.308. The van der Waals surface area contributed by atoms with E-state index in [0.29, 0.717) is 23.8 Å². The lowest BCUT2D eigenvalue weighted by molar-refractivity contribution is 0.266. The number of para-hydroxylation sites is 1. The summed E-state index contributed by atoms with van der Waals surface area (Å²) in [6.45, 7) is 2.53. The van der Waals surface area contributed by atoms with Crippen molar-refractivity contribution in [1.82, 2.24) is 9.29 Å². The topological polar surface area (TPSA) is 76.3 Å². The summed E-state index contributed by atoms with van der Waals surface area (Å²) in [6, 6.07) is 6.85. The van der Waals surface area contributed by atoms with Gasteiger partial charge in [-0.2, -0.15) is 4.31 Å². The number of fused-ring (bicyclic) bond motifs is 1. The Kier molecular flexibility index (Phi) is 3.21. The summed E-state index contributed by atoms with van der Waals surface area (Å²) in [7, 11) is -3.56. The van der Waals surface area contributed by atoms with E-state index in [1.165, 1.54) is 4.31 Å². The minimum absolute atomic E-state index is 0.0847. The summed E-state index contributed by atoms with van der Waals surface area (Å²) in [5.74, 6) is 0. The van der Waals surface area contributed by atoms with Crippen molar-refractivity contribution in [2.75, 3.05) is 13.1 Å². The summed E-state index contributed by atoms with van der Waals surface area (Å²) >= 11 is 6.02. The highest BCUT2D eigenvalue weighted by molar-refractivity contribution is 7.89. The second-order valence-corrected chi connectivity index (χ2v) is 7.27. The van der Waals surface area contributed by atoms with Crippen molar-refractivity contribution in [3.63, 3.8) is 0 Å². The van der Waals surface area contributed by atoms with Gasteiger partial charge in [-0.3, -0.25) is 0 Å². The van der Waals surface area contributed by atoms with Crippen LogP contribution in [-0.2, 0) is 10.0 Å². The number of hydrogen-bond donors (Lipinski definition) is 1. The molecule has 1 aliphatic rings. The predicted molar refractivity (Wildman–Crippen MR) is 78.2 cm³/mol. The van der Waals surface area contributed by atoms with Gasteiger partial charge in [0.25, 0.3) is 0 Å². The van der Waals surface area contributed by atoms with Crippen LogP contribution in [0.1, 0.15) is 5.56 Å². The van der Waals surface area contributed by atoms with Crippen molar-refractivity contribution in [1.29, 1.82) is 0 Å². The Balaban J connectivity index is 2.19. The van der Waals surface area contributed by atoms with E-state index in [0.717, 1.165) is 10.9 Å². The minimum atomic E-state index is -3.56. The largest absolute Gasteiger partial charge is 0.325 e. The molecule has 0 aliphatic carbocycles. The van der Waals surface area contributed by atoms with Gasteiger partial charge in [0.2, 0.25) is 10.0 Å². The highest BCUT2D eigenvalue weighted by Crippen LogP contribution is 2.29. The normalized spacial score (nSPS) is 17.4. The Morgan fingerprint density at radius 1 is 1.40 bits per heavy atom. The highest BCUT2D eigenvalue weighted by Gasteiger charge is 2.35. The molecule has 1 saturated heterocycles. The number of sulfonamides is 1.